The standard InChI is InChI=1S/C21H28N4O4S2/c1-5-6-7-13-8-15(26)22-9-16-23-14(10-30-16)18-25-21(4,11-31-18)20(28)24-17(12(2)3)19(27)29-13/h6-7,10,12-13,17H,5,8-9,11H2,1-4H3,(H,22,26)(H,24,28)/b7-6+/t13-,17?,21+/m1/s1. The monoisotopic (exact) mass is 464 g/mol. The highest BCUT2D eigenvalue weighted by molar-refractivity contribution is 8.14. The SMILES string of the molecule is CC/C=C/[C@@H]1CC(=O)NCc2nc(cs2)C2=N[C@@](C)(CS2)C(=O)NC(C(C)C)C(=O)O1. The number of aliphatic imine (C=N–C) groups is 1. The summed E-state index contributed by atoms with van der Waals surface area (Å²) in [4.78, 5) is 47.6. The van der Waals surface area contributed by atoms with Crippen LogP contribution in [0.2, 0.25) is 0 Å². The van der Waals surface area contributed by atoms with Gasteiger partial charge in [-0.2, -0.15) is 0 Å². The summed E-state index contributed by atoms with van der Waals surface area (Å²) in [7, 11) is 0. The first-order valence-electron chi connectivity index (χ1n) is 10.3. The average molecular weight is 465 g/mol. The fourth-order valence-electron chi connectivity index (χ4n) is 3.12. The van der Waals surface area contributed by atoms with E-state index in [1.807, 2.05) is 32.2 Å². The Morgan fingerprint density at radius 2 is 2.13 bits per heavy atom. The Morgan fingerprint density at radius 3 is 2.84 bits per heavy atom. The smallest absolute Gasteiger partial charge is 0.329 e. The van der Waals surface area contributed by atoms with Crippen molar-refractivity contribution in [2.45, 2.75) is 64.8 Å². The number of thiazole rings is 1. The van der Waals surface area contributed by atoms with E-state index in [1.54, 1.807) is 13.0 Å². The van der Waals surface area contributed by atoms with Gasteiger partial charge in [0.2, 0.25) is 11.8 Å². The van der Waals surface area contributed by atoms with Gasteiger partial charge in [0.25, 0.3) is 0 Å². The van der Waals surface area contributed by atoms with Crippen LogP contribution in [0.25, 0.3) is 0 Å². The van der Waals surface area contributed by atoms with Crippen molar-refractivity contribution in [3.8, 4) is 0 Å². The van der Waals surface area contributed by atoms with Crippen molar-refractivity contribution in [1.29, 1.82) is 0 Å². The minimum atomic E-state index is -0.996. The molecule has 3 atom stereocenters. The van der Waals surface area contributed by atoms with Crippen LogP contribution in [0.3, 0.4) is 0 Å². The first-order chi connectivity index (χ1) is 14.7. The van der Waals surface area contributed by atoms with Gasteiger partial charge in [-0.05, 0) is 25.3 Å². The zero-order valence-corrected chi connectivity index (χ0v) is 19.8. The van der Waals surface area contributed by atoms with Gasteiger partial charge in [-0.1, -0.05) is 26.8 Å². The molecule has 10 heteroatoms. The van der Waals surface area contributed by atoms with E-state index in [2.05, 4.69) is 20.6 Å². The number of cyclic esters (lactones) is 1. The molecule has 168 valence electrons. The molecule has 1 unspecified atom stereocenters. The van der Waals surface area contributed by atoms with Crippen molar-refractivity contribution in [2.75, 3.05) is 5.75 Å². The number of carbonyl (C=O) groups excluding carboxylic acids is 3. The van der Waals surface area contributed by atoms with Crippen LogP contribution in [-0.4, -0.2) is 51.2 Å². The Bertz CT molecular complexity index is 911. The number of hydrogen-bond donors (Lipinski definition) is 2. The van der Waals surface area contributed by atoms with Gasteiger partial charge in [-0.3, -0.25) is 14.6 Å². The summed E-state index contributed by atoms with van der Waals surface area (Å²) in [5.41, 5.74) is -0.296. The van der Waals surface area contributed by atoms with Gasteiger partial charge >= 0.3 is 5.97 Å². The van der Waals surface area contributed by atoms with E-state index in [9.17, 15) is 14.4 Å². The number of allylic oxidation sites excluding steroid dienone is 1. The number of amides is 2. The maximum atomic E-state index is 13.1. The second kappa shape index (κ2) is 9.95. The lowest BCUT2D eigenvalue weighted by molar-refractivity contribution is -0.153. The van der Waals surface area contributed by atoms with Crippen LogP contribution in [0.4, 0.5) is 0 Å². The van der Waals surface area contributed by atoms with Crippen LogP contribution in [0.5, 0.6) is 0 Å². The van der Waals surface area contributed by atoms with Crippen molar-refractivity contribution in [2.24, 2.45) is 10.9 Å². The zero-order valence-electron chi connectivity index (χ0n) is 18.1. The number of ether oxygens (including phenoxy) is 1. The number of thioether (sulfide) groups is 1. The Kier molecular flexibility index (Phi) is 7.53. The molecule has 0 saturated carbocycles. The summed E-state index contributed by atoms with van der Waals surface area (Å²) in [6, 6.07) is -0.840. The number of nitrogens with zero attached hydrogens (tertiary/aromatic N) is 2. The summed E-state index contributed by atoms with van der Waals surface area (Å²) in [6.45, 7) is 7.68. The van der Waals surface area contributed by atoms with Crippen LogP contribution in [0, 0.1) is 5.92 Å². The quantitative estimate of drug-likeness (QED) is 0.525. The Morgan fingerprint density at radius 1 is 1.35 bits per heavy atom. The van der Waals surface area contributed by atoms with E-state index >= 15 is 0 Å². The number of carbonyl (C=O) groups is 3. The van der Waals surface area contributed by atoms with Crippen LogP contribution < -0.4 is 10.6 Å². The van der Waals surface area contributed by atoms with E-state index in [-0.39, 0.29) is 30.7 Å². The average Bonchev–Trinajstić information content (AvgIpc) is 3.35. The summed E-state index contributed by atoms with van der Waals surface area (Å²) in [5.74, 6) is -0.865. The highest BCUT2D eigenvalue weighted by Gasteiger charge is 2.41. The lowest BCUT2D eigenvalue weighted by Gasteiger charge is -2.27. The molecule has 31 heavy (non-hydrogen) atoms. The predicted octanol–water partition coefficient (Wildman–Crippen LogP) is 2.43. The predicted molar refractivity (Wildman–Crippen MR) is 122 cm³/mol. The van der Waals surface area contributed by atoms with Gasteiger partial charge in [-0.15, -0.1) is 23.1 Å². The summed E-state index contributed by atoms with van der Waals surface area (Å²) < 4.78 is 5.63. The van der Waals surface area contributed by atoms with Crippen molar-refractivity contribution < 1.29 is 19.1 Å². The third kappa shape index (κ3) is 5.74. The molecule has 2 N–H and O–H groups in total. The second-order valence-electron chi connectivity index (χ2n) is 8.09. The molecular formula is C21H28N4O4S2. The molecule has 0 saturated heterocycles. The lowest BCUT2D eigenvalue weighted by atomic mass is 10.0. The number of fused-ring (bicyclic) bond motifs is 4. The number of aromatic nitrogens is 1. The first-order valence-corrected chi connectivity index (χ1v) is 12.2. The summed E-state index contributed by atoms with van der Waals surface area (Å²) >= 11 is 2.89. The van der Waals surface area contributed by atoms with Crippen molar-refractivity contribution in [3.63, 3.8) is 0 Å². The van der Waals surface area contributed by atoms with E-state index in [0.717, 1.165) is 11.4 Å². The molecule has 4 bridgehead atoms. The molecule has 0 radical (unpaired) electrons. The van der Waals surface area contributed by atoms with E-state index in [1.165, 1.54) is 23.1 Å². The Labute approximate surface area is 190 Å². The molecule has 0 fully saturated rings. The molecule has 0 aromatic carbocycles. The number of esters is 1. The zero-order chi connectivity index (χ0) is 22.6. The van der Waals surface area contributed by atoms with E-state index in [4.69, 9.17) is 4.74 Å². The molecule has 8 nitrogen and oxygen atoms in total. The molecule has 0 spiro atoms. The number of rotatable bonds is 3. The molecule has 2 aliphatic rings. The fourth-order valence-corrected chi connectivity index (χ4v) is 5.04. The molecule has 2 amide bonds. The molecule has 3 heterocycles. The van der Waals surface area contributed by atoms with Gasteiger partial charge in [0.05, 0.1) is 13.0 Å². The molecule has 2 aliphatic heterocycles. The number of nitrogens with one attached hydrogen (secondary N) is 2. The molecule has 1 aromatic heterocycles. The lowest BCUT2D eigenvalue weighted by Crippen LogP contribution is -2.53. The van der Waals surface area contributed by atoms with Crippen LogP contribution >= 0.6 is 23.1 Å². The fraction of sp³-hybridized carbons (Fsp3) is 0.571. The third-order valence-electron chi connectivity index (χ3n) is 4.98. The van der Waals surface area contributed by atoms with Gasteiger partial charge in [0, 0.05) is 11.1 Å². The van der Waals surface area contributed by atoms with Gasteiger partial charge in [0.15, 0.2) is 0 Å². The highest BCUT2D eigenvalue weighted by atomic mass is 32.2. The highest BCUT2D eigenvalue weighted by Crippen LogP contribution is 2.32. The molecular weight excluding hydrogens is 436 g/mol. The first kappa shape index (κ1) is 23.5. The number of hydrogen-bond acceptors (Lipinski definition) is 8. The van der Waals surface area contributed by atoms with Gasteiger partial charge in [-0.25, -0.2) is 9.78 Å². The van der Waals surface area contributed by atoms with Crippen LogP contribution in [0.15, 0.2) is 22.5 Å². The summed E-state index contributed by atoms with van der Waals surface area (Å²) in [5, 5.41) is 8.98. The second-order valence-corrected chi connectivity index (χ2v) is 10.0. The van der Waals surface area contributed by atoms with Gasteiger partial charge < -0.3 is 15.4 Å². The van der Waals surface area contributed by atoms with Gasteiger partial charge in [0.1, 0.15) is 33.4 Å². The van der Waals surface area contributed by atoms with Crippen LogP contribution in [-0.2, 0) is 25.7 Å². The topological polar surface area (TPSA) is 110 Å². The van der Waals surface area contributed by atoms with Crippen molar-refractivity contribution >= 4 is 45.9 Å². The molecule has 3 rings (SSSR count). The minimum Gasteiger partial charge on any atom is -0.456 e. The third-order valence-corrected chi connectivity index (χ3v) is 7.11. The van der Waals surface area contributed by atoms with E-state index in [0.29, 0.717) is 16.5 Å². The molecule has 0 aliphatic carbocycles. The Hall–Kier alpha value is -2.20. The minimum absolute atomic E-state index is 0.000487. The molecule has 1 aromatic rings. The maximum Gasteiger partial charge on any atom is 0.329 e. The van der Waals surface area contributed by atoms with Crippen molar-refractivity contribution in [3.05, 3.63) is 28.2 Å². The largest absolute Gasteiger partial charge is 0.456 e. The Balaban J connectivity index is 1.93. The summed E-state index contributed by atoms with van der Waals surface area (Å²) in [6.07, 6.45) is 3.60. The van der Waals surface area contributed by atoms with Crippen LogP contribution in [0.1, 0.15) is 51.2 Å². The van der Waals surface area contributed by atoms with Crippen molar-refractivity contribution in [1.82, 2.24) is 15.6 Å². The normalized spacial score (nSPS) is 27.8. The van der Waals surface area contributed by atoms with E-state index < -0.39 is 23.7 Å². The maximum absolute atomic E-state index is 13.1.